The fraction of sp³-hybridized carbons (Fsp3) is 0.200. The molecule has 176 valence electrons. The summed E-state index contributed by atoms with van der Waals surface area (Å²) < 4.78 is 92.2. The maximum atomic E-state index is 14.4. The average Bonchev–Trinajstić information content (AvgIpc) is 2.79. The molecule has 13 heteroatoms. The minimum atomic E-state index is -4.88. The van der Waals surface area contributed by atoms with Crippen LogP contribution in [0.3, 0.4) is 0 Å². The van der Waals surface area contributed by atoms with Crippen LogP contribution in [0.4, 0.5) is 27.8 Å². The number of rotatable bonds is 7. The Balaban J connectivity index is 2.12. The minimum absolute atomic E-state index is 0.263. The van der Waals surface area contributed by atoms with Gasteiger partial charge in [0.25, 0.3) is 0 Å². The van der Waals surface area contributed by atoms with Crippen molar-refractivity contribution in [2.45, 2.75) is 17.6 Å². The van der Waals surface area contributed by atoms with Gasteiger partial charge in [-0.2, -0.15) is 17.5 Å². The van der Waals surface area contributed by atoms with Gasteiger partial charge in [-0.05, 0) is 12.1 Å². The normalized spacial score (nSPS) is 12.4. The molecule has 0 amide bonds. The second kappa shape index (κ2) is 9.98. The zero-order valence-electron chi connectivity index (χ0n) is 17.0. The fourth-order valence-electron chi connectivity index (χ4n) is 2.74. The first kappa shape index (κ1) is 24.8. The first-order valence-electron chi connectivity index (χ1n) is 9.00. The molecule has 33 heavy (non-hydrogen) atoms. The van der Waals surface area contributed by atoms with Crippen molar-refractivity contribution in [1.82, 2.24) is 9.97 Å². The Morgan fingerprint density at radius 3 is 2.42 bits per heavy atom. The maximum Gasteiger partial charge on any atom is 0.451 e. The highest BCUT2D eigenvalue weighted by molar-refractivity contribution is 7.92. The molecule has 0 aliphatic rings. The number of nitrogens with zero attached hydrogens (tertiary/aromatic N) is 3. The lowest BCUT2D eigenvalue weighted by atomic mass is 10.2. The van der Waals surface area contributed by atoms with E-state index in [4.69, 9.17) is 21.1 Å². The van der Waals surface area contributed by atoms with E-state index in [9.17, 15) is 26.5 Å². The molecule has 0 bridgehead atoms. The van der Waals surface area contributed by atoms with Crippen molar-refractivity contribution < 1.29 is 36.0 Å². The third-order valence-corrected chi connectivity index (χ3v) is 6.02. The van der Waals surface area contributed by atoms with Crippen LogP contribution in [0.1, 0.15) is 11.4 Å². The molecule has 1 heterocycles. The predicted molar refractivity (Wildman–Crippen MR) is 111 cm³/mol. The van der Waals surface area contributed by atoms with E-state index in [1.165, 1.54) is 26.4 Å². The monoisotopic (exact) mass is 507 g/mol. The standard InChI is InChI=1S/C20H15ClF5N3O3S/c1-31-12-4-3-11(16(7-12)32-2)10-29(18-5-6-27-19(28-18)20(24,25)26)33(30)17-8-13(21)14(22)9-15(17)23/h3-9H,10H2,1-2H3. The van der Waals surface area contributed by atoms with Gasteiger partial charge >= 0.3 is 6.18 Å². The molecule has 3 rings (SSSR count). The first-order chi connectivity index (χ1) is 15.5. The van der Waals surface area contributed by atoms with Gasteiger partial charge in [-0.15, -0.1) is 0 Å². The van der Waals surface area contributed by atoms with Crippen LogP contribution in [0.25, 0.3) is 0 Å². The molecule has 1 unspecified atom stereocenters. The summed E-state index contributed by atoms with van der Waals surface area (Å²) in [5.74, 6) is -3.50. The number of hydrogen-bond acceptors (Lipinski definition) is 6. The molecule has 0 radical (unpaired) electrons. The number of ether oxygens (including phenoxy) is 2. The van der Waals surface area contributed by atoms with E-state index in [0.29, 0.717) is 17.4 Å². The Hall–Kier alpha value is -2.83. The summed E-state index contributed by atoms with van der Waals surface area (Å²) in [5, 5.41) is -0.514. The van der Waals surface area contributed by atoms with Crippen LogP contribution in [0.5, 0.6) is 11.5 Å². The molecule has 0 saturated heterocycles. The molecule has 0 aliphatic heterocycles. The summed E-state index contributed by atoms with van der Waals surface area (Å²) in [6.07, 6.45) is -4.06. The van der Waals surface area contributed by atoms with E-state index >= 15 is 0 Å². The molecular formula is C20H15ClF5N3O3S. The number of aromatic nitrogens is 2. The van der Waals surface area contributed by atoms with Gasteiger partial charge in [-0.25, -0.2) is 18.7 Å². The maximum absolute atomic E-state index is 14.4. The summed E-state index contributed by atoms with van der Waals surface area (Å²) in [6.45, 7) is -0.331. The zero-order valence-corrected chi connectivity index (χ0v) is 18.6. The van der Waals surface area contributed by atoms with Gasteiger partial charge < -0.3 is 14.0 Å². The minimum Gasteiger partial charge on any atom is -0.588 e. The van der Waals surface area contributed by atoms with E-state index in [-0.39, 0.29) is 12.3 Å². The molecule has 2 aromatic carbocycles. The largest absolute Gasteiger partial charge is 0.588 e. The summed E-state index contributed by atoms with van der Waals surface area (Å²) >= 11 is 3.21. The van der Waals surface area contributed by atoms with Crippen LogP contribution >= 0.6 is 11.6 Å². The number of anilines is 1. The van der Waals surface area contributed by atoms with Crippen LogP contribution in [-0.4, -0.2) is 28.7 Å². The third-order valence-electron chi connectivity index (χ3n) is 4.32. The highest BCUT2D eigenvalue weighted by Gasteiger charge is 2.37. The summed E-state index contributed by atoms with van der Waals surface area (Å²) in [4.78, 5) is 6.08. The van der Waals surface area contributed by atoms with Crippen molar-refractivity contribution in [1.29, 1.82) is 0 Å². The van der Waals surface area contributed by atoms with Crippen molar-refractivity contribution in [2.75, 3.05) is 18.5 Å². The van der Waals surface area contributed by atoms with Crippen molar-refractivity contribution in [3.8, 4) is 11.5 Å². The molecule has 0 saturated carbocycles. The van der Waals surface area contributed by atoms with Gasteiger partial charge in [-0.3, -0.25) is 0 Å². The van der Waals surface area contributed by atoms with Gasteiger partial charge in [0.1, 0.15) is 28.7 Å². The summed E-state index contributed by atoms with van der Waals surface area (Å²) in [5.41, 5.74) is 0.368. The Labute approximate surface area is 193 Å². The van der Waals surface area contributed by atoms with E-state index in [0.717, 1.165) is 22.6 Å². The molecule has 0 fully saturated rings. The molecule has 0 spiro atoms. The number of halogens is 6. The molecule has 6 nitrogen and oxygen atoms in total. The van der Waals surface area contributed by atoms with Gasteiger partial charge in [0.15, 0.2) is 11.6 Å². The van der Waals surface area contributed by atoms with Crippen LogP contribution in [0, 0.1) is 11.6 Å². The molecule has 1 aromatic heterocycles. The number of methoxy groups -OCH3 is 2. The van der Waals surface area contributed by atoms with Crippen LogP contribution < -0.4 is 13.8 Å². The van der Waals surface area contributed by atoms with E-state index in [1.54, 1.807) is 6.07 Å². The quantitative estimate of drug-likeness (QED) is 0.249. The molecule has 3 aromatic rings. The SMILES string of the molecule is COc1ccc(CN(c2ccnc(C(F)(F)F)n2)[S+]([O-])c2cc(Cl)c(F)cc2F)c(OC)c1. The van der Waals surface area contributed by atoms with Crippen molar-refractivity contribution in [3.05, 3.63) is 70.6 Å². The van der Waals surface area contributed by atoms with E-state index in [1.807, 2.05) is 0 Å². The second-order valence-corrected chi connectivity index (χ2v) is 8.18. The second-order valence-electron chi connectivity index (χ2n) is 6.40. The van der Waals surface area contributed by atoms with Crippen LogP contribution in [-0.2, 0) is 24.1 Å². The third kappa shape index (κ3) is 5.57. The molecule has 1 atom stereocenters. The Kier molecular flexibility index (Phi) is 7.50. The van der Waals surface area contributed by atoms with Crippen LogP contribution in [0.15, 0.2) is 47.5 Å². The lowest BCUT2D eigenvalue weighted by molar-refractivity contribution is -0.144. The van der Waals surface area contributed by atoms with Gasteiger partial charge in [0.2, 0.25) is 10.7 Å². The van der Waals surface area contributed by atoms with Crippen LogP contribution in [0.2, 0.25) is 5.02 Å². The van der Waals surface area contributed by atoms with Gasteiger partial charge in [-0.1, -0.05) is 11.6 Å². The number of hydrogen-bond donors (Lipinski definition) is 0. The lowest BCUT2D eigenvalue weighted by Crippen LogP contribution is -2.33. The van der Waals surface area contributed by atoms with Gasteiger partial charge in [0, 0.05) is 36.0 Å². The average molecular weight is 508 g/mol. The zero-order chi connectivity index (χ0) is 24.3. The van der Waals surface area contributed by atoms with E-state index < -0.39 is 50.7 Å². The number of alkyl halides is 3. The number of benzene rings is 2. The van der Waals surface area contributed by atoms with Crippen molar-refractivity contribution in [3.63, 3.8) is 0 Å². The highest BCUT2D eigenvalue weighted by Crippen LogP contribution is 2.34. The fourth-order valence-corrected chi connectivity index (χ4v) is 4.18. The molecule has 0 N–H and O–H groups in total. The highest BCUT2D eigenvalue weighted by atomic mass is 35.5. The van der Waals surface area contributed by atoms with Gasteiger partial charge in [0.05, 0.1) is 25.8 Å². The molecule has 0 aliphatic carbocycles. The Morgan fingerprint density at radius 1 is 1.06 bits per heavy atom. The lowest BCUT2D eigenvalue weighted by Gasteiger charge is -2.26. The Morgan fingerprint density at radius 2 is 1.79 bits per heavy atom. The van der Waals surface area contributed by atoms with E-state index in [2.05, 4.69) is 9.97 Å². The smallest absolute Gasteiger partial charge is 0.451 e. The molecular weight excluding hydrogens is 493 g/mol. The Bertz CT molecular complexity index is 1150. The van der Waals surface area contributed by atoms with Crippen molar-refractivity contribution in [2.24, 2.45) is 0 Å². The van der Waals surface area contributed by atoms with Crippen molar-refractivity contribution >= 4 is 28.8 Å². The first-order valence-corrected chi connectivity index (χ1v) is 10.5. The topological polar surface area (TPSA) is 70.5 Å². The summed E-state index contributed by atoms with van der Waals surface area (Å²) in [7, 11) is 2.78. The summed E-state index contributed by atoms with van der Waals surface area (Å²) in [6, 6.07) is 6.89. The predicted octanol–water partition coefficient (Wildman–Crippen LogP) is 5.17.